The molecule has 1 aromatic rings. The van der Waals surface area contributed by atoms with Gasteiger partial charge in [0.1, 0.15) is 18.5 Å². The monoisotopic (exact) mass is 410 g/mol. The Hall–Kier alpha value is -2.16. The molecule has 0 aromatic heterocycles. The quantitative estimate of drug-likeness (QED) is 0.479. The number of rotatable bonds is 8. The number of ether oxygens (including phenoxy) is 1. The Bertz CT molecular complexity index is 617. The summed E-state index contributed by atoms with van der Waals surface area (Å²) >= 11 is 0. The Morgan fingerprint density at radius 1 is 1.17 bits per heavy atom. The van der Waals surface area contributed by atoms with Crippen LogP contribution in [0.4, 0.5) is 0 Å². The second-order valence-corrected chi connectivity index (χ2v) is 7.38. The predicted octanol–water partition coefficient (Wildman–Crippen LogP) is 1.78. The van der Waals surface area contributed by atoms with Gasteiger partial charge in [0.2, 0.25) is 0 Å². The minimum atomic E-state index is -1.82. The summed E-state index contributed by atoms with van der Waals surface area (Å²) in [6.45, 7) is 10.9. The summed E-state index contributed by atoms with van der Waals surface area (Å²) in [6, 6.07) is 8.61. The Balaban J connectivity index is 0.000000612. The van der Waals surface area contributed by atoms with Crippen molar-refractivity contribution in [3.8, 4) is 5.75 Å². The van der Waals surface area contributed by atoms with Crippen LogP contribution in [0.5, 0.6) is 5.75 Å². The normalized spacial score (nSPS) is 16.0. The fourth-order valence-electron chi connectivity index (χ4n) is 3.09. The number of likely N-dealkylation sites (tertiary alicyclic amines) is 1. The average Bonchev–Trinajstić information content (AvgIpc) is 2.71. The fourth-order valence-corrected chi connectivity index (χ4v) is 3.09. The van der Waals surface area contributed by atoms with E-state index in [-0.39, 0.29) is 0 Å². The molecule has 4 N–H and O–H groups in total. The van der Waals surface area contributed by atoms with Crippen LogP contribution in [-0.4, -0.2) is 77.1 Å². The maximum atomic E-state index is 10.2. The lowest BCUT2D eigenvalue weighted by atomic mass is 10.0. The summed E-state index contributed by atoms with van der Waals surface area (Å²) in [6.07, 6.45) is 1.86. The van der Waals surface area contributed by atoms with Crippen LogP contribution < -0.4 is 10.1 Å². The zero-order valence-corrected chi connectivity index (χ0v) is 17.5. The second-order valence-electron chi connectivity index (χ2n) is 7.38. The highest BCUT2D eigenvalue weighted by molar-refractivity contribution is 6.27. The third-order valence-corrected chi connectivity index (χ3v) is 4.83. The number of aliphatic hydroxyl groups excluding tert-OH is 1. The first kappa shape index (κ1) is 24.9. The number of para-hydroxylation sites is 1. The number of nitrogens with zero attached hydrogens (tertiary/aromatic N) is 1. The van der Waals surface area contributed by atoms with E-state index >= 15 is 0 Å². The van der Waals surface area contributed by atoms with E-state index in [0.717, 1.165) is 38.2 Å². The molecule has 8 nitrogen and oxygen atoms in total. The van der Waals surface area contributed by atoms with Crippen molar-refractivity contribution in [3.63, 3.8) is 0 Å². The van der Waals surface area contributed by atoms with Crippen molar-refractivity contribution in [1.29, 1.82) is 0 Å². The molecule has 8 heteroatoms. The van der Waals surface area contributed by atoms with Gasteiger partial charge in [-0.05, 0) is 50.0 Å². The molecule has 29 heavy (non-hydrogen) atoms. The first-order valence-corrected chi connectivity index (χ1v) is 10.1. The molecule has 1 saturated heterocycles. The van der Waals surface area contributed by atoms with E-state index < -0.39 is 18.0 Å². The van der Waals surface area contributed by atoms with Crippen LogP contribution in [0.1, 0.15) is 45.1 Å². The smallest absolute Gasteiger partial charge is 0.414 e. The van der Waals surface area contributed by atoms with Crippen LogP contribution in [0.25, 0.3) is 0 Å². The Labute approximate surface area is 172 Å². The molecule has 1 atom stereocenters. The molecule has 0 saturated carbocycles. The Kier molecular flexibility index (Phi) is 11.3. The third-order valence-electron chi connectivity index (χ3n) is 4.83. The summed E-state index contributed by atoms with van der Waals surface area (Å²) in [5.74, 6) is -2.34. The third kappa shape index (κ3) is 9.74. The van der Waals surface area contributed by atoms with Crippen molar-refractivity contribution in [2.24, 2.45) is 0 Å². The first-order chi connectivity index (χ1) is 13.7. The molecule has 0 radical (unpaired) electrons. The molecule has 2 rings (SSSR count). The number of aliphatic carboxylic acids is 2. The number of piperidine rings is 1. The number of hydrogen-bond acceptors (Lipinski definition) is 6. The number of aliphatic hydroxyl groups is 1. The highest BCUT2D eigenvalue weighted by Gasteiger charge is 2.18. The Morgan fingerprint density at radius 2 is 1.76 bits per heavy atom. The molecule has 1 heterocycles. The van der Waals surface area contributed by atoms with E-state index in [1.165, 1.54) is 5.56 Å². The van der Waals surface area contributed by atoms with E-state index in [9.17, 15) is 5.11 Å². The molecular formula is C21H34N2O6. The highest BCUT2D eigenvalue weighted by Crippen LogP contribution is 2.25. The molecule has 1 aromatic carbocycles. The molecule has 1 aliphatic rings. The van der Waals surface area contributed by atoms with Crippen LogP contribution in [0.3, 0.4) is 0 Å². The first-order valence-electron chi connectivity index (χ1n) is 10.1. The van der Waals surface area contributed by atoms with Crippen molar-refractivity contribution < 1.29 is 29.6 Å². The number of carbonyl (C=O) groups is 2. The number of carboxylic acid groups (broad SMARTS) is 2. The zero-order chi connectivity index (χ0) is 21.8. The number of benzene rings is 1. The lowest BCUT2D eigenvalue weighted by molar-refractivity contribution is -0.159. The lowest BCUT2D eigenvalue weighted by Gasteiger charge is -2.32. The van der Waals surface area contributed by atoms with E-state index in [0.29, 0.717) is 25.1 Å². The van der Waals surface area contributed by atoms with E-state index in [1.807, 2.05) is 18.2 Å². The summed E-state index contributed by atoms with van der Waals surface area (Å²) in [5.41, 5.74) is 1.19. The van der Waals surface area contributed by atoms with Gasteiger partial charge in [0.25, 0.3) is 0 Å². The van der Waals surface area contributed by atoms with Crippen molar-refractivity contribution in [1.82, 2.24) is 10.2 Å². The van der Waals surface area contributed by atoms with Crippen molar-refractivity contribution in [2.45, 2.75) is 51.7 Å². The van der Waals surface area contributed by atoms with Crippen LogP contribution in [0.2, 0.25) is 0 Å². The van der Waals surface area contributed by atoms with Crippen molar-refractivity contribution in [3.05, 3.63) is 29.8 Å². The minimum Gasteiger partial charge on any atom is -0.491 e. The topological polar surface area (TPSA) is 119 Å². The van der Waals surface area contributed by atoms with E-state index in [1.54, 1.807) is 0 Å². The molecular weight excluding hydrogens is 376 g/mol. The zero-order valence-electron chi connectivity index (χ0n) is 17.5. The van der Waals surface area contributed by atoms with Crippen molar-refractivity contribution in [2.75, 3.05) is 32.8 Å². The molecule has 1 unspecified atom stereocenters. The van der Waals surface area contributed by atoms with Gasteiger partial charge in [-0.3, -0.25) is 0 Å². The highest BCUT2D eigenvalue weighted by atomic mass is 16.5. The van der Waals surface area contributed by atoms with Gasteiger partial charge in [-0.25, -0.2) is 9.59 Å². The molecule has 0 aliphatic carbocycles. The van der Waals surface area contributed by atoms with Crippen molar-refractivity contribution >= 4 is 11.9 Å². The Morgan fingerprint density at radius 3 is 2.28 bits per heavy atom. The molecule has 0 bridgehead atoms. The van der Waals surface area contributed by atoms with Gasteiger partial charge in [-0.1, -0.05) is 39.0 Å². The van der Waals surface area contributed by atoms with Gasteiger partial charge in [0.05, 0.1) is 0 Å². The second kappa shape index (κ2) is 13.1. The summed E-state index contributed by atoms with van der Waals surface area (Å²) < 4.78 is 5.84. The number of carboxylic acids is 2. The van der Waals surface area contributed by atoms with Gasteiger partial charge in [-0.15, -0.1) is 0 Å². The molecule has 0 amide bonds. The maximum Gasteiger partial charge on any atom is 0.414 e. The van der Waals surface area contributed by atoms with Gasteiger partial charge >= 0.3 is 11.9 Å². The van der Waals surface area contributed by atoms with E-state index in [4.69, 9.17) is 24.5 Å². The van der Waals surface area contributed by atoms with Gasteiger partial charge in [0, 0.05) is 12.6 Å². The molecule has 164 valence electrons. The van der Waals surface area contributed by atoms with Gasteiger partial charge in [-0.2, -0.15) is 0 Å². The minimum absolute atomic E-state index is 0.338. The largest absolute Gasteiger partial charge is 0.491 e. The predicted molar refractivity (Wildman–Crippen MR) is 110 cm³/mol. The number of nitrogens with one attached hydrogen (secondary N) is 1. The lowest BCUT2D eigenvalue weighted by Crippen LogP contribution is -2.45. The number of hydrogen-bond donors (Lipinski definition) is 4. The van der Waals surface area contributed by atoms with Crippen LogP contribution in [0, 0.1) is 0 Å². The van der Waals surface area contributed by atoms with Gasteiger partial charge < -0.3 is 30.3 Å². The summed E-state index contributed by atoms with van der Waals surface area (Å²) in [5, 5.41) is 28.4. The molecule has 1 aliphatic heterocycles. The standard InChI is InChI=1S/C19H32N2O2.C2H2O4/c1-4-21-11-9-16(10-12-21)20-13-17(22)14-23-19-8-6-5-7-18(19)15(2)3;3-1(4)2(5)6/h5-8,15-17,20,22H,4,9-14H2,1-3H3;(H,3,4)(H,5,6). The molecule has 1 fully saturated rings. The van der Waals surface area contributed by atoms with Crippen LogP contribution in [0.15, 0.2) is 24.3 Å². The maximum absolute atomic E-state index is 10.2. The summed E-state index contributed by atoms with van der Waals surface area (Å²) in [7, 11) is 0. The van der Waals surface area contributed by atoms with E-state index in [2.05, 4.69) is 37.1 Å². The SMILES string of the molecule is CCN1CCC(NCC(O)COc2ccccc2C(C)C)CC1.O=C(O)C(=O)O. The van der Waals surface area contributed by atoms with Crippen LogP contribution >= 0.6 is 0 Å². The van der Waals surface area contributed by atoms with Gasteiger partial charge in [0.15, 0.2) is 0 Å². The summed E-state index contributed by atoms with van der Waals surface area (Å²) in [4.78, 5) is 20.7. The molecule has 0 spiro atoms. The average molecular weight is 411 g/mol. The van der Waals surface area contributed by atoms with Crippen LogP contribution in [-0.2, 0) is 9.59 Å². The fraction of sp³-hybridized carbons (Fsp3) is 0.619.